The second-order valence-electron chi connectivity index (χ2n) is 5.82. The lowest BCUT2D eigenvalue weighted by atomic mass is 10.1. The van der Waals surface area contributed by atoms with Gasteiger partial charge < -0.3 is 18.3 Å². The average molecular weight is 350 g/mol. The maximum Gasteiger partial charge on any atom is 0.379 e. The van der Waals surface area contributed by atoms with Crippen LogP contribution in [0.2, 0.25) is 0 Å². The van der Waals surface area contributed by atoms with E-state index in [9.17, 15) is 9.59 Å². The van der Waals surface area contributed by atoms with Crippen LogP contribution in [0, 0.1) is 13.8 Å². The Morgan fingerprint density at radius 2 is 1.96 bits per heavy atom. The molecule has 0 fully saturated rings. The Morgan fingerprint density at radius 1 is 1.12 bits per heavy atom. The molecular formula is C20H14O6. The first-order valence-corrected chi connectivity index (χ1v) is 7.93. The fraction of sp³-hybridized carbons (Fsp3) is 0.100. The third kappa shape index (κ3) is 2.71. The lowest BCUT2D eigenvalue weighted by Crippen LogP contribution is -2.08. The number of benzene rings is 1. The van der Waals surface area contributed by atoms with E-state index in [4.69, 9.17) is 18.3 Å². The van der Waals surface area contributed by atoms with Crippen LogP contribution in [0.5, 0.6) is 11.5 Å². The third-order valence-electron chi connectivity index (χ3n) is 4.00. The van der Waals surface area contributed by atoms with Gasteiger partial charge in [0.05, 0.1) is 11.8 Å². The van der Waals surface area contributed by atoms with Gasteiger partial charge in [-0.2, -0.15) is 0 Å². The van der Waals surface area contributed by atoms with E-state index in [1.807, 2.05) is 6.92 Å². The molecule has 1 aromatic carbocycles. The minimum Gasteiger partial charge on any atom is -0.462 e. The SMILES string of the molecule is Cc1ccc(/C=C2\Oc3c(ccc(OC(=O)c4ccco4)c3C)C2=O)o1. The van der Waals surface area contributed by atoms with Crippen LogP contribution < -0.4 is 9.47 Å². The van der Waals surface area contributed by atoms with Gasteiger partial charge in [-0.3, -0.25) is 4.79 Å². The van der Waals surface area contributed by atoms with E-state index in [0.29, 0.717) is 28.4 Å². The Kier molecular flexibility index (Phi) is 3.73. The molecule has 3 aromatic rings. The van der Waals surface area contributed by atoms with E-state index < -0.39 is 5.97 Å². The number of hydrogen-bond acceptors (Lipinski definition) is 6. The largest absolute Gasteiger partial charge is 0.462 e. The molecule has 0 atom stereocenters. The van der Waals surface area contributed by atoms with Crippen molar-refractivity contribution in [3.63, 3.8) is 0 Å². The fourth-order valence-corrected chi connectivity index (χ4v) is 2.68. The molecule has 4 rings (SSSR count). The second-order valence-corrected chi connectivity index (χ2v) is 5.82. The molecule has 0 bridgehead atoms. The third-order valence-corrected chi connectivity index (χ3v) is 4.00. The predicted molar refractivity (Wildman–Crippen MR) is 91.2 cm³/mol. The van der Waals surface area contributed by atoms with Crippen LogP contribution in [0.25, 0.3) is 6.08 Å². The van der Waals surface area contributed by atoms with Gasteiger partial charge in [-0.25, -0.2) is 4.79 Å². The number of esters is 1. The zero-order chi connectivity index (χ0) is 18.3. The van der Waals surface area contributed by atoms with Gasteiger partial charge in [0.2, 0.25) is 11.5 Å². The summed E-state index contributed by atoms with van der Waals surface area (Å²) in [5.74, 6) is 1.32. The first-order valence-electron chi connectivity index (χ1n) is 7.93. The van der Waals surface area contributed by atoms with Gasteiger partial charge in [0.1, 0.15) is 23.0 Å². The van der Waals surface area contributed by atoms with E-state index in [0.717, 1.165) is 5.76 Å². The van der Waals surface area contributed by atoms with Crippen molar-refractivity contribution in [3.05, 3.63) is 76.8 Å². The molecular weight excluding hydrogens is 336 g/mol. The van der Waals surface area contributed by atoms with Crippen molar-refractivity contribution in [2.24, 2.45) is 0 Å². The zero-order valence-electron chi connectivity index (χ0n) is 14.1. The highest BCUT2D eigenvalue weighted by molar-refractivity contribution is 6.14. The average Bonchev–Trinajstić information content (AvgIpc) is 3.34. The minimum atomic E-state index is -0.621. The summed E-state index contributed by atoms with van der Waals surface area (Å²) in [7, 11) is 0. The Labute approximate surface area is 148 Å². The van der Waals surface area contributed by atoms with Gasteiger partial charge in [-0.05, 0) is 50.2 Å². The Balaban J connectivity index is 1.63. The molecule has 0 saturated heterocycles. The predicted octanol–water partition coefficient (Wildman–Crippen LogP) is 4.32. The molecule has 26 heavy (non-hydrogen) atoms. The first kappa shape index (κ1) is 16.0. The summed E-state index contributed by atoms with van der Waals surface area (Å²) in [4.78, 5) is 24.6. The highest BCUT2D eigenvalue weighted by Crippen LogP contribution is 2.39. The van der Waals surface area contributed by atoms with Crippen LogP contribution in [0.15, 0.2) is 57.3 Å². The number of carbonyl (C=O) groups is 2. The molecule has 0 saturated carbocycles. The zero-order valence-corrected chi connectivity index (χ0v) is 14.1. The normalized spacial score (nSPS) is 14.4. The summed E-state index contributed by atoms with van der Waals surface area (Å²) in [5, 5.41) is 0. The number of rotatable bonds is 3. The molecule has 6 nitrogen and oxygen atoms in total. The number of Topliss-reactive ketones (excluding diaryl/α,β-unsaturated/α-hetero) is 1. The molecule has 2 aromatic heterocycles. The smallest absolute Gasteiger partial charge is 0.379 e. The Hall–Kier alpha value is -3.54. The summed E-state index contributed by atoms with van der Waals surface area (Å²) < 4.78 is 21.5. The summed E-state index contributed by atoms with van der Waals surface area (Å²) in [6.07, 6.45) is 2.94. The van der Waals surface area contributed by atoms with Crippen LogP contribution in [0.4, 0.5) is 0 Å². The Morgan fingerprint density at radius 3 is 2.65 bits per heavy atom. The molecule has 0 radical (unpaired) electrons. The van der Waals surface area contributed by atoms with Crippen molar-refractivity contribution in [2.45, 2.75) is 13.8 Å². The first-order chi connectivity index (χ1) is 12.5. The highest BCUT2D eigenvalue weighted by Gasteiger charge is 2.31. The molecule has 1 aliphatic heterocycles. The number of hydrogen-bond donors (Lipinski definition) is 0. The second kappa shape index (κ2) is 6.07. The lowest BCUT2D eigenvalue weighted by Gasteiger charge is -2.09. The van der Waals surface area contributed by atoms with Crippen molar-refractivity contribution in [3.8, 4) is 11.5 Å². The van der Waals surface area contributed by atoms with Gasteiger partial charge in [-0.1, -0.05) is 0 Å². The molecule has 0 amide bonds. The fourth-order valence-electron chi connectivity index (χ4n) is 2.68. The molecule has 6 heteroatoms. The molecule has 1 aliphatic rings. The van der Waals surface area contributed by atoms with Crippen molar-refractivity contribution in [1.82, 2.24) is 0 Å². The van der Waals surface area contributed by atoms with Crippen molar-refractivity contribution in [1.29, 1.82) is 0 Å². The van der Waals surface area contributed by atoms with E-state index in [1.165, 1.54) is 12.3 Å². The lowest BCUT2D eigenvalue weighted by molar-refractivity contribution is 0.0700. The van der Waals surface area contributed by atoms with Crippen LogP contribution in [0.1, 0.15) is 38.0 Å². The van der Waals surface area contributed by atoms with Crippen molar-refractivity contribution in [2.75, 3.05) is 0 Å². The van der Waals surface area contributed by atoms with Gasteiger partial charge >= 0.3 is 5.97 Å². The molecule has 0 aliphatic carbocycles. The van der Waals surface area contributed by atoms with Crippen molar-refractivity contribution >= 4 is 17.8 Å². The van der Waals surface area contributed by atoms with Crippen LogP contribution in [0.3, 0.4) is 0 Å². The van der Waals surface area contributed by atoms with Gasteiger partial charge in [0.15, 0.2) is 5.76 Å². The van der Waals surface area contributed by atoms with Crippen molar-refractivity contribution < 1.29 is 27.9 Å². The standard InChI is InChI=1S/C20H14O6/c1-11-5-6-13(24-11)10-17-18(21)14-7-8-15(12(2)19(14)25-17)26-20(22)16-4-3-9-23-16/h3-10H,1-2H3/b17-10-. The summed E-state index contributed by atoms with van der Waals surface area (Å²) in [6.45, 7) is 3.54. The van der Waals surface area contributed by atoms with Crippen LogP contribution in [-0.4, -0.2) is 11.8 Å². The summed E-state index contributed by atoms with van der Waals surface area (Å²) in [5.41, 5.74) is 0.963. The maximum absolute atomic E-state index is 12.5. The molecule has 130 valence electrons. The van der Waals surface area contributed by atoms with E-state index >= 15 is 0 Å². The number of ether oxygens (including phenoxy) is 2. The van der Waals surface area contributed by atoms with E-state index in [2.05, 4.69) is 0 Å². The number of carbonyl (C=O) groups excluding carboxylic acids is 2. The molecule has 0 N–H and O–H groups in total. The maximum atomic E-state index is 12.5. The van der Waals surface area contributed by atoms with E-state index in [1.54, 1.807) is 43.3 Å². The minimum absolute atomic E-state index is 0.0932. The number of ketones is 1. The molecule has 3 heterocycles. The van der Waals surface area contributed by atoms with Gasteiger partial charge in [0, 0.05) is 11.6 Å². The number of allylic oxidation sites excluding steroid dienone is 1. The summed E-state index contributed by atoms with van der Waals surface area (Å²) >= 11 is 0. The topological polar surface area (TPSA) is 78.9 Å². The van der Waals surface area contributed by atoms with E-state index in [-0.39, 0.29) is 17.3 Å². The highest BCUT2D eigenvalue weighted by atomic mass is 16.5. The van der Waals surface area contributed by atoms with Gasteiger partial charge in [0.25, 0.3) is 0 Å². The summed E-state index contributed by atoms with van der Waals surface area (Å²) in [6, 6.07) is 9.81. The Bertz CT molecular complexity index is 1040. The number of aryl methyl sites for hydroxylation is 1. The van der Waals surface area contributed by atoms with Crippen LogP contribution >= 0.6 is 0 Å². The number of furan rings is 2. The number of fused-ring (bicyclic) bond motifs is 1. The molecule has 0 unspecified atom stereocenters. The van der Waals surface area contributed by atoms with Crippen LogP contribution in [-0.2, 0) is 0 Å². The van der Waals surface area contributed by atoms with Gasteiger partial charge in [-0.15, -0.1) is 0 Å². The quantitative estimate of drug-likeness (QED) is 0.397. The molecule has 0 spiro atoms. The monoisotopic (exact) mass is 350 g/mol.